The van der Waals surface area contributed by atoms with Crippen molar-refractivity contribution < 1.29 is 38.1 Å². The Hall–Kier alpha value is -4.85. The lowest BCUT2D eigenvalue weighted by Gasteiger charge is -2.09. The van der Waals surface area contributed by atoms with Crippen LogP contribution in [0.1, 0.15) is 22.8 Å². The van der Waals surface area contributed by atoms with Gasteiger partial charge in [-0.1, -0.05) is 25.3 Å². The zero-order valence-electron chi connectivity index (χ0n) is 19.6. The van der Waals surface area contributed by atoms with E-state index in [9.17, 15) is 14.4 Å². The highest BCUT2D eigenvalue weighted by Gasteiger charge is 2.10. The molecule has 0 saturated carbocycles. The van der Waals surface area contributed by atoms with Crippen LogP contribution in [-0.2, 0) is 20.9 Å². The van der Waals surface area contributed by atoms with Gasteiger partial charge < -0.3 is 23.7 Å². The summed E-state index contributed by atoms with van der Waals surface area (Å²) in [4.78, 5) is 35.0. The normalized spacial score (nSPS) is 10.0. The molecule has 0 N–H and O–H groups in total. The van der Waals surface area contributed by atoms with Crippen LogP contribution in [0.25, 0.3) is 0 Å². The third kappa shape index (κ3) is 7.88. The summed E-state index contributed by atoms with van der Waals surface area (Å²) in [5.41, 5.74) is 1.48. The molecule has 8 nitrogen and oxygen atoms in total. The topological polar surface area (TPSA) is 97.4 Å². The van der Waals surface area contributed by atoms with Crippen molar-refractivity contribution in [3.8, 4) is 23.0 Å². The number of esters is 3. The van der Waals surface area contributed by atoms with Crippen LogP contribution in [0.5, 0.6) is 23.0 Å². The predicted molar refractivity (Wildman–Crippen MR) is 131 cm³/mol. The summed E-state index contributed by atoms with van der Waals surface area (Å²) in [6.45, 7) is 8.41. The van der Waals surface area contributed by atoms with Gasteiger partial charge in [0, 0.05) is 11.6 Å². The molecule has 0 spiro atoms. The summed E-state index contributed by atoms with van der Waals surface area (Å²) < 4.78 is 26.3. The molecule has 0 aromatic heterocycles. The molecule has 0 aliphatic rings. The second-order valence-corrected chi connectivity index (χ2v) is 7.42. The van der Waals surface area contributed by atoms with Crippen LogP contribution in [0.2, 0.25) is 0 Å². The first-order chi connectivity index (χ1) is 17.3. The van der Waals surface area contributed by atoms with E-state index in [0.717, 1.165) is 11.6 Å². The molecule has 3 rings (SSSR count). The number of carbonyl (C=O) groups excluding carboxylic acids is 3. The molecule has 36 heavy (non-hydrogen) atoms. The predicted octanol–water partition coefficient (Wildman–Crippen LogP) is 5.03. The van der Waals surface area contributed by atoms with Crippen LogP contribution in [0.4, 0.5) is 0 Å². The Morgan fingerprint density at radius 3 is 1.89 bits per heavy atom. The molecule has 0 saturated heterocycles. The average Bonchev–Trinajstić information content (AvgIpc) is 2.89. The number of ether oxygens (including phenoxy) is 5. The van der Waals surface area contributed by atoms with Crippen molar-refractivity contribution in [1.82, 2.24) is 0 Å². The van der Waals surface area contributed by atoms with Crippen LogP contribution < -0.4 is 18.9 Å². The molecule has 0 heterocycles. The molecule has 0 radical (unpaired) electrons. The zero-order valence-corrected chi connectivity index (χ0v) is 19.6. The van der Waals surface area contributed by atoms with Crippen molar-refractivity contribution in [2.45, 2.75) is 13.5 Å². The molecule has 0 unspecified atom stereocenters. The molecule has 3 aromatic rings. The summed E-state index contributed by atoms with van der Waals surface area (Å²) in [7, 11) is 0. The van der Waals surface area contributed by atoms with Gasteiger partial charge in [-0.15, -0.1) is 0 Å². The lowest BCUT2D eigenvalue weighted by atomic mass is 10.2. The third-order valence-corrected chi connectivity index (χ3v) is 4.60. The third-order valence-electron chi connectivity index (χ3n) is 4.60. The molecule has 184 valence electrons. The second-order valence-electron chi connectivity index (χ2n) is 7.42. The van der Waals surface area contributed by atoms with Gasteiger partial charge in [0.2, 0.25) is 6.79 Å². The summed E-state index contributed by atoms with van der Waals surface area (Å²) in [5.74, 6) is 0.175. The molecule has 0 aliphatic heterocycles. The van der Waals surface area contributed by atoms with Crippen molar-refractivity contribution in [1.29, 1.82) is 0 Å². The Kier molecular flexibility index (Phi) is 9.00. The van der Waals surface area contributed by atoms with Crippen LogP contribution >= 0.6 is 0 Å². The molecule has 0 aliphatic carbocycles. The summed E-state index contributed by atoms with van der Waals surface area (Å²) in [6, 6.07) is 19.7. The first-order valence-electron chi connectivity index (χ1n) is 10.8. The minimum absolute atomic E-state index is 0.264. The highest BCUT2D eigenvalue weighted by atomic mass is 16.7. The van der Waals surface area contributed by atoms with Gasteiger partial charge >= 0.3 is 17.9 Å². The Bertz CT molecular complexity index is 1230. The largest absolute Gasteiger partial charge is 0.489 e. The van der Waals surface area contributed by atoms with Crippen LogP contribution in [0, 0.1) is 0 Å². The summed E-state index contributed by atoms with van der Waals surface area (Å²) in [5, 5.41) is 0. The van der Waals surface area contributed by atoms with Gasteiger partial charge in [-0.25, -0.2) is 14.4 Å². The molecule has 0 amide bonds. The maximum Gasteiger partial charge on any atom is 0.343 e. The van der Waals surface area contributed by atoms with Gasteiger partial charge in [0.05, 0.1) is 5.56 Å². The molecular formula is C28H24O8. The van der Waals surface area contributed by atoms with Crippen LogP contribution in [-0.4, -0.2) is 24.7 Å². The van der Waals surface area contributed by atoms with E-state index in [2.05, 4.69) is 13.2 Å². The Morgan fingerprint density at radius 1 is 0.750 bits per heavy atom. The van der Waals surface area contributed by atoms with Gasteiger partial charge in [0.25, 0.3) is 0 Å². The lowest BCUT2D eigenvalue weighted by Crippen LogP contribution is -2.11. The van der Waals surface area contributed by atoms with Crippen molar-refractivity contribution in [3.05, 3.63) is 109 Å². The zero-order chi connectivity index (χ0) is 25.9. The Balaban J connectivity index is 1.46. The summed E-state index contributed by atoms with van der Waals surface area (Å²) >= 11 is 0. The first-order valence-corrected chi connectivity index (χ1v) is 10.8. The maximum atomic E-state index is 12.4. The van der Waals surface area contributed by atoms with Crippen molar-refractivity contribution in [3.63, 3.8) is 0 Å². The Labute approximate surface area is 208 Å². The summed E-state index contributed by atoms with van der Waals surface area (Å²) in [6.07, 6.45) is 1.10. The van der Waals surface area contributed by atoms with Gasteiger partial charge in [0.15, 0.2) is 0 Å². The Morgan fingerprint density at radius 2 is 1.28 bits per heavy atom. The second kappa shape index (κ2) is 12.6. The standard InChI is InChI=1S/C28H24O8/c1-4-26(29)35-24-9-5-20(6-10-24)17-32-22-13-15-25(16-14-22)36-28(31)21-7-11-23(12-8-21)33-18-34-27(30)19(2)3/h4-16H,1-2,17-18H2,3H3. The maximum absolute atomic E-state index is 12.4. The molecular weight excluding hydrogens is 464 g/mol. The first kappa shape index (κ1) is 25.8. The van der Waals surface area contributed by atoms with Gasteiger partial charge in [-0.3, -0.25) is 0 Å². The van der Waals surface area contributed by atoms with E-state index >= 15 is 0 Å². The van der Waals surface area contributed by atoms with Gasteiger partial charge in [0.1, 0.15) is 29.6 Å². The van der Waals surface area contributed by atoms with E-state index in [4.69, 9.17) is 23.7 Å². The monoisotopic (exact) mass is 488 g/mol. The quantitative estimate of drug-likeness (QED) is 0.160. The average molecular weight is 488 g/mol. The van der Waals surface area contributed by atoms with Gasteiger partial charge in [-0.05, 0) is 73.2 Å². The number of benzene rings is 3. The minimum atomic E-state index is -0.547. The van der Waals surface area contributed by atoms with Crippen LogP contribution in [0.3, 0.4) is 0 Å². The molecule has 0 bridgehead atoms. The highest BCUT2D eigenvalue weighted by Crippen LogP contribution is 2.21. The van der Waals surface area contributed by atoms with E-state index in [1.165, 1.54) is 6.92 Å². The molecule has 8 heteroatoms. The van der Waals surface area contributed by atoms with Crippen LogP contribution in [0.15, 0.2) is 97.6 Å². The fourth-order valence-electron chi connectivity index (χ4n) is 2.71. The minimum Gasteiger partial charge on any atom is -0.489 e. The fraction of sp³-hybridized carbons (Fsp3) is 0.107. The van der Waals surface area contributed by atoms with Gasteiger partial charge in [-0.2, -0.15) is 0 Å². The smallest absolute Gasteiger partial charge is 0.343 e. The van der Waals surface area contributed by atoms with E-state index in [1.54, 1.807) is 72.8 Å². The van der Waals surface area contributed by atoms with E-state index in [0.29, 0.717) is 35.2 Å². The number of rotatable bonds is 11. The highest BCUT2D eigenvalue weighted by molar-refractivity contribution is 5.91. The molecule has 3 aromatic carbocycles. The van der Waals surface area contributed by atoms with Crippen molar-refractivity contribution in [2.24, 2.45) is 0 Å². The number of carbonyl (C=O) groups is 3. The number of hydrogen-bond acceptors (Lipinski definition) is 8. The van der Waals surface area contributed by atoms with Crippen molar-refractivity contribution >= 4 is 17.9 Å². The SMILES string of the molecule is C=CC(=O)Oc1ccc(COc2ccc(OC(=O)c3ccc(OCOC(=O)C(=C)C)cc3)cc2)cc1. The molecule has 0 fully saturated rings. The lowest BCUT2D eigenvalue weighted by molar-refractivity contribution is -0.145. The van der Waals surface area contributed by atoms with E-state index < -0.39 is 17.9 Å². The van der Waals surface area contributed by atoms with Crippen molar-refractivity contribution in [2.75, 3.05) is 6.79 Å². The fourth-order valence-corrected chi connectivity index (χ4v) is 2.71. The number of hydrogen-bond donors (Lipinski definition) is 0. The van der Waals surface area contributed by atoms with E-state index in [-0.39, 0.29) is 12.4 Å². The van der Waals surface area contributed by atoms with E-state index in [1.807, 2.05) is 0 Å². The molecule has 0 atom stereocenters.